The summed E-state index contributed by atoms with van der Waals surface area (Å²) < 4.78 is 13.4. The smallest absolute Gasteiger partial charge is 0.146 e. The number of anilines is 1. The van der Waals surface area contributed by atoms with E-state index in [2.05, 4.69) is 15.3 Å². The molecule has 0 saturated carbocycles. The molecule has 0 aliphatic heterocycles. The Balaban J connectivity index is 1.79. The Kier molecular flexibility index (Phi) is 2.68. The van der Waals surface area contributed by atoms with E-state index in [1.807, 2.05) is 24.3 Å². The lowest BCUT2D eigenvalue weighted by Gasteiger charge is -2.04. The van der Waals surface area contributed by atoms with Crippen LogP contribution in [-0.2, 0) is 6.54 Å². The molecule has 0 bridgehead atoms. The largest absolute Gasteiger partial charge is 0.375 e. The summed E-state index contributed by atoms with van der Waals surface area (Å²) in [5, 5.41) is 3.02. The van der Waals surface area contributed by atoms with Crippen LogP contribution in [0.15, 0.2) is 48.5 Å². The van der Waals surface area contributed by atoms with Gasteiger partial charge in [-0.05, 0) is 24.3 Å². The second-order valence-corrected chi connectivity index (χ2v) is 4.03. The van der Waals surface area contributed by atoms with Crippen molar-refractivity contribution in [3.05, 3.63) is 60.2 Å². The number of hydrogen-bond acceptors (Lipinski definition) is 2. The van der Waals surface area contributed by atoms with E-state index >= 15 is 0 Å². The number of nitrogens with one attached hydrogen (secondary N) is 2. The fraction of sp³-hybridized carbons (Fsp3) is 0.0714. The molecule has 0 unspecified atom stereocenters. The monoisotopic (exact) mass is 241 g/mol. The minimum absolute atomic E-state index is 0.256. The van der Waals surface area contributed by atoms with Gasteiger partial charge in [0.05, 0.1) is 23.3 Å². The van der Waals surface area contributed by atoms with Crippen molar-refractivity contribution in [2.24, 2.45) is 0 Å². The van der Waals surface area contributed by atoms with Crippen molar-refractivity contribution >= 4 is 16.7 Å². The topological polar surface area (TPSA) is 40.7 Å². The Morgan fingerprint density at radius 1 is 1.06 bits per heavy atom. The number of rotatable bonds is 3. The van der Waals surface area contributed by atoms with Crippen molar-refractivity contribution in [2.45, 2.75) is 6.54 Å². The van der Waals surface area contributed by atoms with Gasteiger partial charge >= 0.3 is 0 Å². The fourth-order valence-corrected chi connectivity index (χ4v) is 1.87. The maximum Gasteiger partial charge on any atom is 0.146 e. The molecule has 4 heteroatoms. The van der Waals surface area contributed by atoms with E-state index < -0.39 is 0 Å². The van der Waals surface area contributed by atoms with Gasteiger partial charge in [0.15, 0.2) is 0 Å². The van der Waals surface area contributed by atoms with Gasteiger partial charge in [-0.1, -0.05) is 24.3 Å². The molecule has 1 aromatic heterocycles. The van der Waals surface area contributed by atoms with Crippen LogP contribution in [0.5, 0.6) is 0 Å². The predicted molar refractivity (Wildman–Crippen MR) is 69.8 cm³/mol. The van der Waals surface area contributed by atoms with E-state index in [1.54, 1.807) is 18.2 Å². The van der Waals surface area contributed by atoms with Gasteiger partial charge in [-0.2, -0.15) is 0 Å². The third-order valence-electron chi connectivity index (χ3n) is 2.76. The Morgan fingerprint density at radius 2 is 1.83 bits per heavy atom. The molecule has 3 nitrogen and oxygen atoms in total. The summed E-state index contributed by atoms with van der Waals surface area (Å²) in [4.78, 5) is 7.61. The van der Waals surface area contributed by atoms with E-state index in [4.69, 9.17) is 0 Å². The van der Waals surface area contributed by atoms with Gasteiger partial charge in [-0.25, -0.2) is 9.37 Å². The van der Waals surface area contributed by atoms with E-state index in [0.717, 1.165) is 16.9 Å². The summed E-state index contributed by atoms with van der Waals surface area (Å²) in [6.45, 7) is 0.468. The zero-order valence-electron chi connectivity index (χ0n) is 9.65. The third-order valence-corrected chi connectivity index (χ3v) is 2.76. The number of aromatic nitrogens is 2. The first-order valence-electron chi connectivity index (χ1n) is 5.75. The van der Waals surface area contributed by atoms with Crippen molar-refractivity contribution in [1.29, 1.82) is 0 Å². The van der Waals surface area contributed by atoms with Gasteiger partial charge in [0.1, 0.15) is 11.6 Å². The van der Waals surface area contributed by atoms with Crippen molar-refractivity contribution < 1.29 is 4.39 Å². The molecular weight excluding hydrogens is 229 g/mol. The zero-order chi connectivity index (χ0) is 12.4. The van der Waals surface area contributed by atoms with Gasteiger partial charge in [0, 0.05) is 0 Å². The fourth-order valence-electron chi connectivity index (χ4n) is 1.87. The molecule has 3 rings (SSSR count). The number of para-hydroxylation sites is 3. The SMILES string of the molecule is Fc1ccccc1NCc1nc2ccccc2[nH]1. The maximum absolute atomic E-state index is 13.4. The van der Waals surface area contributed by atoms with E-state index in [-0.39, 0.29) is 5.82 Å². The van der Waals surface area contributed by atoms with Crippen molar-refractivity contribution in [3.8, 4) is 0 Å². The second-order valence-electron chi connectivity index (χ2n) is 4.03. The van der Waals surface area contributed by atoms with Crippen LogP contribution in [0.2, 0.25) is 0 Å². The van der Waals surface area contributed by atoms with Crippen LogP contribution >= 0.6 is 0 Å². The average molecular weight is 241 g/mol. The van der Waals surface area contributed by atoms with E-state index in [9.17, 15) is 4.39 Å². The molecule has 0 fully saturated rings. The van der Waals surface area contributed by atoms with Crippen molar-refractivity contribution in [2.75, 3.05) is 5.32 Å². The number of imidazole rings is 1. The molecule has 3 aromatic rings. The Morgan fingerprint density at radius 3 is 2.67 bits per heavy atom. The highest BCUT2D eigenvalue weighted by Crippen LogP contribution is 2.15. The normalized spacial score (nSPS) is 10.7. The Hall–Kier alpha value is -2.36. The first-order valence-corrected chi connectivity index (χ1v) is 5.75. The summed E-state index contributed by atoms with van der Waals surface area (Å²) in [6, 6.07) is 14.4. The summed E-state index contributed by atoms with van der Waals surface area (Å²) >= 11 is 0. The highest BCUT2D eigenvalue weighted by atomic mass is 19.1. The molecule has 0 radical (unpaired) electrons. The van der Waals surface area contributed by atoms with Crippen LogP contribution in [0.1, 0.15) is 5.82 Å². The molecule has 18 heavy (non-hydrogen) atoms. The number of hydrogen-bond donors (Lipinski definition) is 2. The van der Waals surface area contributed by atoms with Crippen LogP contribution in [0.3, 0.4) is 0 Å². The first-order chi connectivity index (χ1) is 8.83. The molecule has 2 aromatic carbocycles. The summed E-state index contributed by atoms with van der Waals surface area (Å²) in [6.07, 6.45) is 0. The van der Waals surface area contributed by atoms with Crippen LogP contribution in [0.25, 0.3) is 11.0 Å². The number of H-pyrrole nitrogens is 1. The van der Waals surface area contributed by atoms with Crippen molar-refractivity contribution in [3.63, 3.8) is 0 Å². The Bertz CT molecular complexity index is 642. The number of halogens is 1. The van der Waals surface area contributed by atoms with Crippen LogP contribution in [-0.4, -0.2) is 9.97 Å². The van der Waals surface area contributed by atoms with Gasteiger partial charge in [-0.15, -0.1) is 0 Å². The molecule has 90 valence electrons. The standard InChI is InChI=1S/C14H12FN3/c15-10-5-1-2-6-11(10)16-9-14-17-12-7-3-4-8-13(12)18-14/h1-8,16H,9H2,(H,17,18). The summed E-state index contributed by atoms with van der Waals surface area (Å²) in [5.41, 5.74) is 2.39. The molecule has 0 spiro atoms. The number of fused-ring (bicyclic) bond motifs is 1. The minimum atomic E-state index is -0.256. The molecule has 0 atom stereocenters. The lowest BCUT2D eigenvalue weighted by Crippen LogP contribution is -2.02. The lowest BCUT2D eigenvalue weighted by molar-refractivity contribution is 0.630. The molecule has 1 heterocycles. The Labute approximate surface area is 104 Å². The molecule has 0 amide bonds. The highest BCUT2D eigenvalue weighted by Gasteiger charge is 2.03. The van der Waals surface area contributed by atoms with Gasteiger partial charge in [0.2, 0.25) is 0 Å². The van der Waals surface area contributed by atoms with Crippen LogP contribution in [0, 0.1) is 5.82 Å². The van der Waals surface area contributed by atoms with E-state index in [1.165, 1.54) is 6.07 Å². The minimum Gasteiger partial charge on any atom is -0.375 e. The van der Waals surface area contributed by atoms with E-state index in [0.29, 0.717) is 12.2 Å². The molecule has 2 N–H and O–H groups in total. The maximum atomic E-state index is 13.4. The van der Waals surface area contributed by atoms with Gasteiger partial charge < -0.3 is 10.3 Å². The number of aromatic amines is 1. The lowest BCUT2D eigenvalue weighted by atomic mass is 10.3. The summed E-state index contributed by atoms with van der Waals surface area (Å²) in [5.74, 6) is 0.535. The average Bonchev–Trinajstić information content (AvgIpc) is 2.80. The molecular formula is C14H12FN3. The predicted octanol–water partition coefficient (Wildman–Crippen LogP) is 3.31. The van der Waals surface area contributed by atoms with Crippen LogP contribution < -0.4 is 5.32 Å². The summed E-state index contributed by atoms with van der Waals surface area (Å²) in [7, 11) is 0. The molecule has 0 aliphatic carbocycles. The van der Waals surface area contributed by atoms with Crippen LogP contribution in [0.4, 0.5) is 10.1 Å². The van der Waals surface area contributed by atoms with Gasteiger partial charge in [0.25, 0.3) is 0 Å². The molecule has 0 aliphatic rings. The quantitative estimate of drug-likeness (QED) is 0.738. The van der Waals surface area contributed by atoms with Gasteiger partial charge in [-0.3, -0.25) is 0 Å². The number of benzene rings is 2. The number of nitrogens with zero attached hydrogens (tertiary/aromatic N) is 1. The third kappa shape index (κ3) is 2.05. The zero-order valence-corrected chi connectivity index (χ0v) is 9.65. The highest BCUT2D eigenvalue weighted by molar-refractivity contribution is 5.74. The second kappa shape index (κ2) is 4.49. The van der Waals surface area contributed by atoms with Crippen molar-refractivity contribution in [1.82, 2.24) is 9.97 Å². The molecule has 0 saturated heterocycles. The first kappa shape index (κ1) is 10.8.